The molecule has 0 saturated carbocycles. The molecule has 0 N–H and O–H groups in total. The van der Waals surface area contributed by atoms with Crippen LogP contribution in [0.25, 0.3) is 0 Å². The minimum Gasteiger partial charge on any atom is -0.374 e. The zero-order chi connectivity index (χ0) is 24.9. The fraction of sp³-hybridized carbons (Fsp3) is 0.417. The molecule has 2 heterocycles. The topological polar surface area (TPSA) is 41.9 Å². The number of carbonyl (C=O) groups is 1. The monoisotopic (exact) mass is 516 g/mol. The molecule has 0 radical (unpaired) electrons. The third-order valence-corrected chi connectivity index (χ3v) is 6.51. The second kappa shape index (κ2) is 8.72. The van der Waals surface area contributed by atoms with Crippen molar-refractivity contribution in [1.29, 1.82) is 0 Å². The van der Waals surface area contributed by atoms with Crippen LogP contribution < -0.4 is 0 Å². The average molecular weight is 517 g/mol. The minimum absolute atomic E-state index is 0.0437. The molecular formula is C24H22Cl2F4N2O2. The Balaban J connectivity index is 1.51. The predicted octanol–water partition coefficient (Wildman–Crippen LogP) is 6.63. The van der Waals surface area contributed by atoms with Crippen molar-refractivity contribution < 1.29 is 27.2 Å². The van der Waals surface area contributed by atoms with Crippen LogP contribution in [0, 0.1) is 5.92 Å². The van der Waals surface area contributed by atoms with Crippen LogP contribution in [0.4, 0.5) is 17.6 Å². The second-order valence-electron chi connectivity index (χ2n) is 9.18. The van der Waals surface area contributed by atoms with Gasteiger partial charge in [0.05, 0.1) is 18.8 Å². The molecule has 4 rings (SSSR count). The summed E-state index contributed by atoms with van der Waals surface area (Å²) in [5.74, 6) is 0.0875. The molecule has 1 unspecified atom stereocenters. The van der Waals surface area contributed by atoms with Crippen molar-refractivity contribution in [2.24, 2.45) is 11.1 Å². The van der Waals surface area contributed by atoms with Crippen LogP contribution in [-0.2, 0) is 20.9 Å². The molecule has 1 fully saturated rings. The first-order valence-electron chi connectivity index (χ1n) is 10.7. The maximum absolute atomic E-state index is 15.2. The fourth-order valence-electron chi connectivity index (χ4n) is 4.20. The molecule has 4 nitrogen and oxygen atoms in total. The molecule has 2 aliphatic rings. The second-order valence-corrected chi connectivity index (χ2v) is 10.1. The molecule has 0 aliphatic carbocycles. The molecule has 0 spiro atoms. The lowest BCUT2D eigenvalue weighted by Gasteiger charge is -2.45. The molecule has 2 aromatic carbocycles. The third kappa shape index (κ3) is 4.50. The van der Waals surface area contributed by atoms with Gasteiger partial charge < -0.3 is 9.74 Å². The van der Waals surface area contributed by atoms with Crippen LogP contribution in [0.15, 0.2) is 47.6 Å². The lowest BCUT2D eigenvalue weighted by molar-refractivity contribution is -0.275. The van der Waals surface area contributed by atoms with Crippen LogP contribution in [-0.4, -0.2) is 35.8 Å². The number of rotatable bonds is 5. The summed E-state index contributed by atoms with van der Waals surface area (Å²) in [6.07, 6.45) is -5.04. The predicted molar refractivity (Wildman–Crippen MR) is 122 cm³/mol. The van der Waals surface area contributed by atoms with Crippen LogP contribution in [0.2, 0.25) is 10.0 Å². The number of nitrogens with zero attached hydrogens (tertiary/aromatic N) is 2. The summed E-state index contributed by atoms with van der Waals surface area (Å²) in [6, 6.07) is 9.66. The van der Waals surface area contributed by atoms with E-state index in [-0.39, 0.29) is 46.2 Å². The number of likely N-dealkylation sites (tertiary alicyclic amines) is 1. The molecule has 182 valence electrons. The van der Waals surface area contributed by atoms with Gasteiger partial charge in [-0.1, -0.05) is 66.5 Å². The average Bonchev–Trinajstić information content (AvgIpc) is 3.17. The number of alkyl halides is 4. The first-order chi connectivity index (χ1) is 15.8. The Morgan fingerprint density at radius 2 is 1.68 bits per heavy atom. The number of halogens is 6. The fourth-order valence-corrected chi connectivity index (χ4v) is 4.73. The van der Waals surface area contributed by atoms with Gasteiger partial charge in [0.25, 0.3) is 5.60 Å². The van der Waals surface area contributed by atoms with Crippen molar-refractivity contribution in [3.8, 4) is 0 Å². The Hall–Kier alpha value is -2.32. The minimum atomic E-state index is -4.80. The molecule has 10 heteroatoms. The Morgan fingerprint density at radius 1 is 1.09 bits per heavy atom. The normalized spacial score (nSPS) is 21.8. The highest BCUT2D eigenvalue weighted by Gasteiger charge is 2.62. The van der Waals surface area contributed by atoms with Crippen LogP contribution in [0.5, 0.6) is 0 Å². The Kier molecular flexibility index (Phi) is 6.36. The van der Waals surface area contributed by atoms with Crippen molar-refractivity contribution in [2.45, 2.75) is 44.1 Å². The summed E-state index contributed by atoms with van der Waals surface area (Å²) in [7, 11) is 0. The van der Waals surface area contributed by atoms with Gasteiger partial charge in [0, 0.05) is 28.5 Å². The van der Waals surface area contributed by atoms with Crippen molar-refractivity contribution >= 4 is 34.8 Å². The summed E-state index contributed by atoms with van der Waals surface area (Å²) in [6.45, 7) is 3.75. The smallest absolute Gasteiger partial charge is 0.374 e. The molecule has 0 aromatic heterocycles. The number of carbonyl (C=O) groups excluding carboxylic acids is 1. The van der Waals surface area contributed by atoms with E-state index in [0.717, 1.165) is 12.1 Å². The molecule has 1 atom stereocenters. The Morgan fingerprint density at radius 3 is 2.21 bits per heavy atom. The number of amides is 1. The highest BCUT2D eigenvalue weighted by Crippen LogP contribution is 2.50. The van der Waals surface area contributed by atoms with E-state index in [2.05, 4.69) is 5.16 Å². The van der Waals surface area contributed by atoms with Gasteiger partial charge in [0.2, 0.25) is 5.91 Å². The zero-order valence-corrected chi connectivity index (χ0v) is 19.9. The molecule has 1 amide bonds. The van der Waals surface area contributed by atoms with Crippen LogP contribution >= 0.6 is 23.2 Å². The molecule has 0 bridgehead atoms. The third-order valence-electron chi connectivity index (χ3n) is 6.07. The van der Waals surface area contributed by atoms with E-state index in [1.165, 1.54) is 35.2 Å². The van der Waals surface area contributed by atoms with E-state index in [0.29, 0.717) is 17.5 Å². The molecular weight excluding hydrogens is 495 g/mol. The van der Waals surface area contributed by atoms with Gasteiger partial charge >= 0.3 is 6.18 Å². The molecule has 34 heavy (non-hydrogen) atoms. The molecule has 1 saturated heterocycles. The lowest BCUT2D eigenvalue weighted by Crippen LogP contribution is -2.59. The van der Waals surface area contributed by atoms with Gasteiger partial charge in [0.15, 0.2) is 5.67 Å². The van der Waals surface area contributed by atoms with Gasteiger partial charge in [-0.15, -0.1) is 0 Å². The van der Waals surface area contributed by atoms with E-state index in [4.69, 9.17) is 28.0 Å². The maximum atomic E-state index is 15.2. The quantitative estimate of drug-likeness (QED) is 0.418. The Labute approximate surface area is 204 Å². The van der Waals surface area contributed by atoms with Gasteiger partial charge in [-0.05, 0) is 35.2 Å². The number of oxime groups is 1. The van der Waals surface area contributed by atoms with E-state index < -0.39 is 23.9 Å². The maximum Gasteiger partial charge on any atom is 0.435 e. The van der Waals surface area contributed by atoms with E-state index in [9.17, 15) is 18.0 Å². The largest absolute Gasteiger partial charge is 0.435 e. The van der Waals surface area contributed by atoms with Crippen molar-refractivity contribution in [1.82, 2.24) is 4.90 Å². The number of hydrogen-bond donors (Lipinski definition) is 0. The first-order valence-corrected chi connectivity index (χ1v) is 11.4. The van der Waals surface area contributed by atoms with E-state index in [1.807, 2.05) is 13.8 Å². The van der Waals surface area contributed by atoms with Gasteiger partial charge in [-0.3, -0.25) is 4.79 Å². The SMILES string of the molecule is CC(C)CC(=O)N1CC(F)(c2ccc(C3=NOC(c4cc(Cl)cc(Cl)c4)(C(F)(F)F)C3)cc2)C1. The van der Waals surface area contributed by atoms with Crippen LogP contribution in [0.3, 0.4) is 0 Å². The van der Waals surface area contributed by atoms with Gasteiger partial charge in [0.1, 0.15) is 0 Å². The summed E-state index contributed by atoms with van der Waals surface area (Å²) in [4.78, 5) is 18.6. The zero-order valence-electron chi connectivity index (χ0n) is 18.4. The lowest BCUT2D eigenvalue weighted by atomic mass is 9.84. The van der Waals surface area contributed by atoms with Gasteiger partial charge in [-0.25, -0.2) is 4.39 Å². The highest BCUT2D eigenvalue weighted by molar-refractivity contribution is 6.34. The first kappa shape index (κ1) is 24.8. The summed E-state index contributed by atoms with van der Waals surface area (Å²) < 4.78 is 57.7. The summed E-state index contributed by atoms with van der Waals surface area (Å²) in [5.41, 5.74) is -3.88. The number of benzene rings is 2. The highest BCUT2D eigenvalue weighted by atomic mass is 35.5. The Bertz CT molecular complexity index is 1110. The summed E-state index contributed by atoms with van der Waals surface area (Å²) >= 11 is 11.8. The van der Waals surface area contributed by atoms with Crippen molar-refractivity contribution in [2.75, 3.05) is 13.1 Å². The van der Waals surface area contributed by atoms with Gasteiger partial charge in [-0.2, -0.15) is 13.2 Å². The molecule has 2 aliphatic heterocycles. The van der Waals surface area contributed by atoms with E-state index in [1.54, 1.807) is 0 Å². The number of hydrogen-bond acceptors (Lipinski definition) is 3. The van der Waals surface area contributed by atoms with Crippen LogP contribution in [0.1, 0.15) is 43.4 Å². The standard InChI is InChI=1S/C24H22Cl2F4N2O2/c1-14(2)7-21(33)32-12-22(27,13-32)16-5-3-15(4-6-16)20-11-23(34-31-20,24(28,29)30)17-8-18(25)10-19(26)9-17/h3-6,8-10,14H,7,11-13H2,1-2H3. The summed E-state index contributed by atoms with van der Waals surface area (Å²) in [5, 5.41) is 3.80. The van der Waals surface area contributed by atoms with Crippen molar-refractivity contribution in [3.05, 3.63) is 69.2 Å². The molecule has 2 aromatic rings. The van der Waals surface area contributed by atoms with E-state index >= 15 is 4.39 Å². The van der Waals surface area contributed by atoms with Crippen molar-refractivity contribution in [3.63, 3.8) is 0 Å².